The van der Waals surface area contributed by atoms with Crippen molar-refractivity contribution in [2.45, 2.75) is 17.1 Å². The number of halogens is 2. The Morgan fingerprint density at radius 3 is 2.74 bits per heavy atom. The first kappa shape index (κ1) is 16.7. The van der Waals surface area contributed by atoms with Crippen molar-refractivity contribution in [3.05, 3.63) is 63.6 Å². The minimum Gasteiger partial charge on any atom is -0.240 e. The van der Waals surface area contributed by atoms with Gasteiger partial charge in [-0.2, -0.15) is 9.78 Å². The van der Waals surface area contributed by atoms with Gasteiger partial charge in [-0.05, 0) is 55.1 Å². The summed E-state index contributed by atoms with van der Waals surface area (Å²) >= 11 is 13.8. The number of aromatic nitrogens is 4. The third-order valence-electron chi connectivity index (χ3n) is 4.25. The maximum absolute atomic E-state index is 6.34. The number of fused-ring (bicyclic) bond motifs is 3. The number of hydrogen-bond donors (Lipinski definition) is 0. The van der Waals surface area contributed by atoms with E-state index in [-0.39, 0.29) is 0 Å². The fraction of sp³-hybridized carbons (Fsp3) is 0.0526. The number of aryl methyl sites for hydroxylation is 1. The second kappa shape index (κ2) is 6.34. The van der Waals surface area contributed by atoms with Crippen LogP contribution < -0.4 is 0 Å². The summed E-state index contributed by atoms with van der Waals surface area (Å²) in [7, 11) is 0. The maximum atomic E-state index is 6.34. The summed E-state index contributed by atoms with van der Waals surface area (Å²) in [5.41, 5.74) is 3.79. The minimum absolute atomic E-state index is 0.499. The smallest absolute Gasteiger partial charge is 0.218 e. The first-order valence-electron chi connectivity index (χ1n) is 8.13. The lowest BCUT2D eigenvalue weighted by Crippen LogP contribution is -1.95. The Labute approximate surface area is 169 Å². The van der Waals surface area contributed by atoms with Crippen LogP contribution in [0.1, 0.15) is 11.1 Å². The molecule has 3 heterocycles. The monoisotopic (exact) mass is 411 g/mol. The highest BCUT2D eigenvalue weighted by Gasteiger charge is 2.21. The quantitative estimate of drug-likeness (QED) is 0.367. The van der Waals surface area contributed by atoms with E-state index in [0.717, 1.165) is 27.1 Å². The molecule has 0 amide bonds. The van der Waals surface area contributed by atoms with E-state index in [1.54, 1.807) is 23.0 Å². The van der Waals surface area contributed by atoms with E-state index >= 15 is 0 Å². The fourth-order valence-corrected chi connectivity index (χ4v) is 4.29. The average molecular weight is 412 g/mol. The van der Waals surface area contributed by atoms with Crippen molar-refractivity contribution in [2.24, 2.45) is 5.10 Å². The summed E-state index contributed by atoms with van der Waals surface area (Å²) in [5.74, 6) is 0.559. The van der Waals surface area contributed by atoms with Crippen LogP contribution in [0.15, 0.2) is 57.7 Å². The van der Waals surface area contributed by atoms with Crippen LogP contribution in [0.3, 0.4) is 0 Å². The first-order chi connectivity index (χ1) is 13.1. The van der Waals surface area contributed by atoms with Crippen molar-refractivity contribution in [3.8, 4) is 11.4 Å². The standard InChI is InChI=1S/C19H11Cl2N5S/c1-10-2-5-16-11(6-10)7-12-9-22-26-17(14-4-3-13(20)8-15(14)21)24-25-19(26)27-18(12)23-16/h2-9H,1H3. The Kier molecular flexibility index (Phi) is 3.93. The van der Waals surface area contributed by atoms with Gasteiger partial charge < -0.3 is 0 Å². The van der Waals surface area contributed by atoms with E-state index in [0.29, 0.717) is 21.0 Å². The van der Waals surface area contributed by atoms with Gasteiger partial charge in [-0.1, -0.05) is 34.8 Å². The lowest BCUT2D eigenvalue weighted by Gasteiger charge is -2.05. The molecule has 0 atom stereocenters. The normalized spacial score (nSPS) is 12.7. The van der Waals surface area contributed by atoms with Crippen LogP contribution in [-0.4, -0.2) is 26.1 Å². The van der Waals surface area contributed by atoms with Gasteiger partial charge in [0, 0.05) is 21.5 Å². The van der Waals surface area contributed by atoms with E-state index in [4.69, 9.17) is 28.2 Å². The van der Waals surface area contributed by atoms with Gasteiger partial charge in [-0.15, -0.1) is 10.2 Å². The molecular formula is C19H11Cl2N5S. The Morgan fingerprint density at radius 2 is 1.89 bits per heavy atom. The van der Waals surface area contributed by atoms with Crippen LogP contribution in [0.2, 0.25) is 10.0 Å². The molecule has 1 aliphatic heterocycles. The molecule has 27 heavy (non-hydrogen) atoms. The second-order valence-corrected chi connectivity index (χ2v) is 7.97. The third kappa shape index (κ3) is 2.90. The third-order valence-corrected chi connectivity index (χ3v) is 5.75. The molecule has 0 saturated heterocycles. The van der Waals surface area contributed by atoms with Gasteiger partial charge in [-0.25, -0.2) is 4.98 Å². The van der Waals surface area contributed by atoms with Crippen molar-refractivity contribution in [1.82, 2.24) is 19.9 Å². The largest absolute Gasteiger partial charge is 0.240 e. The van der Waals surface area contributed by atoms with Gasteiger partial charge in [0.2, 0.25) is 5.16 Å². The molecule has 4 aromatic rings. The zero-order chi connectivity index (χ0) is 18.5. The van der Waals surface area contributed by atoms with Crippen molar-refractivity contribution >= 4 is 52.1 Å². The summed E-state index contributed by atoms with van der Waals surface area (Å²) in [4.78, 5) is 4.77. The Morgan fingerprint density at radius 1 is 1.00 bits per heavy atom. The van der Waals surface area contributed by atoms with Crippen LogP contribution >= 0.6 is 35.0 Å². The maximum Gasteiger partial charge on any atom is 0.218 e. The highest BCUT2D eigenvalue weighted by molar-refractivity contribution is 7.99. The van der Waals surface area contributed by atoms with Gasteiger partial charge in [0.15, 0.2) is 5.82 Å². The average Bonchev–Trinajstić information content (AvgIpc) is 2.93. The number of benzene rings is 2. The lowest BCUT2D eigenvalue weighted by molar-refractivity contribution is 0.775. The molecule has 0 spiro atoms. The van der Waals surface area contributed by atoms with Crippen molar-refractivity contribution in [1.29, 1.82) is 0 Å². The zero-order valence-electron chi connectivity index (χ0n) is 14.0. The van der Waals surface area contributed by atoms with Gasteiger partial charge in [0.25, 0.3) is 0 Å². The second-order valence-electron chi connectivity index (χ2n) is 6.17. The SMILES string of the molecule is Cc1ccc2nc3c(cc2c1)C=Nn1c(nnc1-c1ccc(Cl)cc1Cl)S3. The van der Waals surface area contributed by atoms with Crippen LogP contribution in [0.5, 0.6) is 0 Å². The minimum atomic E-state index is 0.499. The molecule has 132 valence electrons. The molecule has 5 rings (SSSR count). The molecule has 1 aliphatic rings. The lowest BCUT2D eigenvalue weighted by atomic mass is 10.1. The van der Waals surface area contributed by atoms with E-state index in [2.05, 4.69) is 40.4 Å². The van der Waals surface area contributed by atoms with Crippen LogP contribution in [0, 0.1) is 6.92 Å². The van der Waals surface area contributed by atoms with Gasteiger partial charge >= 0.3 is 0 Å². The van der Waals surface area contributed by atoms with Crippen molar-refractivity contribution in [2.75, 3.05) is 0 Å². The van der Waals surface area contributed by atoms with Crippen molar-refractivity contribution < 1.29 is 0 Å². The molecule has 2 aromatic heterocycles. The van der Waals surface area contributed by atoms with Gasteiger partial charge in [0.05, 0.1) is 16.8 Å². The summed E-state index contributed by atoms with van der Waals surface area (Å²) in [5, 5.41) is 16.7. The number of rotatable bonds is 1. The predicted molar refractivity (Wildman–Crippen MR) is 109 cm³/mol. The summed E-state index contributed by atoms with van der Waals surface area (Å²) in [6.45, 7) is 2.07. The van der Waals surface area contributed by atoms with Crippen molar-refractivity contribution in [3.63, 3.8) is 0 Å². The Hall–Kier alpha value is -2.41. The molecule has 0 N–H and O–H groups in total. The van der Waals surface area contributed by atoms with Crippen LogP contribution in [0.4, 0.5) is 0 Å². The molecular weight excluding hydrogens is 401 g/mol. The topological polar surface area (TPSA) is 56.0 Å². The molecule has 0 unspecified atom stereocenters. The Bertz CT molecular complexity index is 1250. The summed E-state index contributed by atoms with van der Waals surface area (Å²) < 4.78 is 1.68. The molecule has 0 aliphatic carbocycles. The molecule has 2 aromatic carbocycles. The number of pyridine rings is 1. The predicted octanol–water partition coefficient (Wildman–Crippen LogP) is 5.46. The van der Waals surface area contributed by atoms with E-state index < -0.39 is 0 Å². The first-order valence-corrected chi connectivity index (χ1v) is 9.70. The van der Waals surface area contributed by atoms with Crippen LogP contribution in [0.25, 0.3) is 22.3 Å². The number of hydrogen-bond acceptors (Lipinski definition) is 5. The highest BCUT2D eigenvalue weighted by atomic mass is 35.5. The molecule has 8 heteroatoms. The highest BCUT2D eigenvalue weighted by Crippen LogP contribution is 2.36. The zero-order valence-corrected chi connectivity index (χ0v) is 16.3. The van der Waals surface area contributed by atoms with Gasteiger partial charge in [-0.3, -0.25) is 0 Å². The molecule has 0 fully saturated rings. The molecule has 0 radical (unpaired) electrons. The van der Waals surface area contributed by atoms with Gasteiger partial charge in [0.1, 0.15) is 5.03 Å². The summed E-state index contributed by atoms with van der Waals surface area (Å²) in [6, 6.07) is 13.6. The molecule has 0 saturated carbocycles. The van der Waals surface area contributed by atoms with Crippen LogP contribution in [-0.2, 0) is 0 Å². The molecule has 5 nitrogen and oxygen atoms in total. The fourth-order valence-electron chi connectivity index (χ4n) is 2.95. The number of nitrogens with zero attached hydrogens (tertiary/aromatic N) is 5. The summed E-state index contributed by atoms with van der Waals surface area (Å²) in [6.07, 6.45) is 1.78. The van der Waals surface area contributed by atoms with E-state index in [1.807, 2.05) is 12.1 Å². The van der Waals surface area contributed by atoms with E-state index in [9.17, 15) is 0 Å². The van der Waals surface area contributed by atoms with E-state index in [1.165, 1.54) is 17.3 Å². The molecule has 0 bridgehead atoms. The Balaban J connectivity index is 1.65.